The summed E-state index contributed by atoms with van der Waals surface area (Å²) >= 11 is 0. The maximum atomic E-state index is 12.5. The molecular weight excluding hydrogens is 224 g/mol. The predicted molar refractivity (Wildman–Crippen MR) is 74.6 cm³/mol. The van der Waals surface area contributed by atoms with E-state index in [-0.39, 0.29) is 5.78 Å². The Bertz CT molecular complexity index is 391. The first-order valence-electron chi connectivity index (χ1n) is 6.51. The fourth-order valence-electron chi connectivity index (χ4n) is 2.28. The molecule has 0 amide bonds. The normalized spacial score (nSPS) is 13.1. The van der Waals surface area contributed by atoms with Gasteiger partial charge in [0.25, 0.3) is 0 Å². The van der Waals surface area contributed by atoms with Crippen LogP contribution in [0, 0.1) is 5.92 Å². The second-order valence-electron chi connectivity index (χ2n) is 4.62. The van der Waals surface area contributed by atoms with Gasteiger partial charge >= 0.3 is 0 Å². The largest absolute Gasteiger partial charge is 0.389 e. The van der Waals surface area contributed by atoms with Crippen LogP contribution in [0.3, 0.4) is 0 Å². The molecule has 0 aliphatic heterocycles. The second kappa shape index (κ2) is 6.50. The second-order valence-corrected chi connectivity index (χ2v) is 4.62. The van der Waals surface area contributed by atoms with Crippen LogP contribution in [0.4, 0.5) is 0 Å². The molecule has 0 aromatic heterocycles. The van der Waals surface area contributed by atoms with Crippen molar-refractivity contribution in [1.82, 2.24) is 0 Å². The smallest absolute Gasteiger partial charge is 0.169 e. The molecule has 0 heterocycles. The molecule has 1 unspecified atom stereocenters. The van der Waals surface area contributed by atoms with Crippen molar-refractivity contribution in [3.05, 3.63) is 48.6 Å². The van der Waals surface area contributed by atoms with E-state index < -0.39 is 11.5 Å². The zero-order valence-electron chi connectivity index (χ0n) is 11.2. The predicted octanol–water partition coefficient (Wildman–Crippen LogP) is 3.61. The number of ketones is 1. The molecule has 1 aromatic carbocycles. The molecule has 1 aromatic rings. The maximum absolute atomic E-state index is 12.5. The van der Waals surface area contributed by atoms with Crippen molar-refractivity contribution in [2.24, 2.45) is 5.92 Å². The van der Waals surface area contributed by atoms with Crippen LogP contribution < -0.4 is 0 Å². The number of hydrogen-bond donors (Lipinski definition) is 1. The number of carbonyl (C=O) groups is 1. The van der Waals surface area contributed by atoms with Gasteiger partial charge in [0.2, 0.25) is 0 Å². The van der Waals surface area contributed by atoms with Crippen LogP contribution in [-0.2, 0) is 0 Å². The summed E-state index contributed by atoms with van der Waals surface area (Å²) in [4.78, 5) is 12.5. The van der Waals surface area contributed by atoms with Crippen molar-refractivity contribution in [2.75, 3.05) is 0 Å². The third-order valence-electron chi connectivity index (χ3n) is 3.65. The average Bonchev–Trinajstić information content (AvgIpc) is 2.44. The Kier molecular flexibility index (Phi) is 5.29. The summed E-state index contributed by atoms with van der Waals surface area (Å²) in [5, 5.41) is 10.6. The molecule has 0 radical (unpaired) electrons. The highest BCUT2D eigenvalue weighted by molar-refractivity contribution is 5.98. The monoisotopic (exact) mass is 246 g/mol. The van der Waals surface area contributed by atoms with Gasteiger partial charge in [-0.05, 0) is 19.3 Å². The van der Waals surface area contributed by atoms with Crippen molar-refractivity contribution in [3.8, 4) is 0 Å². The van der Waals surface area contributed by atoms with Crippen molar-refractivity contribution >= 4 is 5.78 Å². The van der Waals surface area contributed by atoms with Gasteiger partial charge in [-0.25, -0.2) is 0 Å². The molecule has 98 valence electrons. The summed E-state index contributed by atoms with van der Waals surface area (Å²) in [5.41, 5.74) is -0.286. The lowest BCUT2D eigenvalue weighted by atomic mass is 9.76. The minimum absolute atomic E-state index is 0.00157. The summed E-state index contributed by atoms with van der Waals surface area (Å²) < 4.78 is 0. The number of carbonyl (C=O) groups excluding carboxylic acids is 1. The lowest BCUT2D eigenvalue weighted by molar-refractivity contribution is -0.0160. The standard InChI is InChI=1S/C16H22O2/c1-4-10-14(16(18,5-2)6-3)15(17)13-11-8-7-9-12-13/h4,7-9,11-12,14,18H,1,5-6,10H2,2-3H3. The van der Waals surface area contributed by atoms with Crippen LogP contribution in [0.5, 0.6) is 0 Å². The van der Waals surface area contributed by atoms with E-state index in [0.717, 1.165) is 0 Å². The number of hydrogen-bond acceptors (Lipinski definition) is 2. The maximum Gasteiger partial charge on any atom is 0.169 e. The van der Waals surface area contributed by atoms with Crippen molar-refractivity contribution in [1.29, 1.82) is 0 Å². The minimum atomic E-state index is -0.943. The van der Waals surface area contributed by atoms with Crippen molar-refractivity contribution in [2.45, 2.75) is 38.7 Å². The van der Waals surface area contributed by atoms with E-state index in [1.807, 2.05) is 32.0 Å². The van der Waals surface area contributed by atoms with Gasteiger partial charge in [0, 0.05) is 5.56 Å². The third-order valence-corrected chi connectivity index (χ3v) is 3.65. The topological polar surface area (TPSA) is 37.3 Å². The first-order valence-corrected chi connectivity index (χ1v) is 6.51. The fraction of sp³-hybridized carbons (Fsp3) is 0.438. The fourth-order valence-corrected chi connectivity index (χ4v) is 2.28. The van der Waals surface area contributed by atoms with Crippen LogP contribution in [-0.4, -0.2) is 16.5 Å². The van der Waals surface area contributed by atoms with Gasteiger partial charge in [0.15, 0.2) is 5.78 Å². The van der Waals surface area contributed by atoms with E-state index in [9.17, 15) is 9.90 Å². The van der Waals surface area contributed by atoms with Crippen LogP contribution >= 0.6 is 0 Å². The molecule has 2 nitrogen and oxygen atoms in total. The Balaban J connectivity index is 3.06. The number of allylic oxidation sites excluding steroid dienone is 1. The SMILES string of the molecule is C=CCC(C(=O)c1ccccc1)C(O)(CC)CC. The quantitative estimate of drug-likeness (QED) is 0.589. The van der Waals surface area contributed by atoms with Crippen LogP contribution in [0.25, 0.3) is 0 Å². The van der Waals surface area contributed by atoms with E-state index in [1.54, 1.807) is 18.2 Å². The Morgan fingerprint density at radius 3 is 2.33 bits per heavy atom. The number of Topliss-reactive ketones (excluding diaryl/α,β-unsaturated/α-hetero) is 1. The third kappa shape index (κ3) is 3.08. The Morgan fingerprint density at radius 1 is 1.33 bits per heavy atom. The lowest BCUT2D eigenvalue weighted by Crippen LogP contribution is -2.41. The van der Waals surface area contributed by atoms with E-state index in [2.05, 4.69) is 6.58 Å². The number of rotatable bonds is 7. The zero-order valence-corrected chi connectivity index (χ0v) is 11.2. The summed E-state index contributed by atoms with van der Waals surface area (Å²) in [5.74, 6) is -0.408. The summed E-state index contributed by atoms with van der Waals surface area (Å²) in [6.07, 6.45) is 3.36. The van der Waals surface area contributed by atoms with Crippen LogP contribution in [0.15, 0.2) is 43.0 Å². The lowest BCUT2D eigenvalue weighted by Gasteiger charge is -2.33. The van der Waals surface area contributed by atoms with Gasteiger partial charge in [-0.2, -0.15) is 0 Å². The van der Waals surface area contributed by atoms with Crippen molar-refractivity contribution < 1.29 is 9.90 Å². The van der Waals surface area contributed by atoms with E-state index >= 15 is 0 Å². The highest BCUT2D eigenvalue weighted by Gasteiger charge is 2.37. The molecule has 2 heteroatoms. The van der Waals surface area contributed by atoms with E-state index in [0.29, 0.717) is 24.8 Å². The first kappa shape index (κ1) is 14.7. The number of benzene rings is 1. The van der Waals surface area contributed by atoms with Gasteiger partial charge in [0.1, 0.15) is 0 Å². The van der Waals surface area contributed by atoms with E-state index in [1.165, 1.54) is 0 Å². The van der Waals surface area contributed by atoms with Gasteiger partial charge in [-0.3, -0.25) is 4.79 Å². The highest BCUT2D eigenvalue weighted by Crippen LogP contribution is 2.31. The molecular formula is C16H22O2. The Labute approximate surface area is 109 Å². The molecule has 0 saturated heterocycles. The van der Waals surface area contributed by atoms with Gasteiger partial charge in [0.05, 0.1) is 11.5 Å². The minimum Gasteiger partial charge on any atom is -0.389 e. The molecule has 1 rings (SSSR count). The molecule has 1 N–H and O–H groups in total. The van der Waals surface area contributed by atoms with Gasteiger partial charge in [-0.1, -0.05) is 50.3 Å². The molecule has 18 heavy (non-hydrogen) atoms. The van der Waals surface area contributed by atoms with E-state index in [4.69, 9.17) is 0 Å². The van der Waals surface area contributed by atoms with Crippen LogP contribution in [0.2, 0.25) is 0 Å². The van der Waals surface area contributed by atoms with Gasteiger partial charge in [-0.15, -0.1) is 6.58 Å². The molecule has 0 aliphatic rings. The van der Waals surface area contributed by atoms with Crippen LogP contribution in [0.1, 0.15) is 43.5 Å². The number of aliphatic hydroxyl groups is 1. The molecule has 0 bridgehead atoms. The van der Waals surface area contributed by atoms with Crippen molar-refractivity contribution in [3.63, 3.8) is 0 Å². The first-order chi connectivity index (χ1) is 8.59. The zero-order chi connectivity index (χ0) is 13.6. The molecule has 1 atom stereocenters. The molecule has 0 fully saturated rings. The summed E-state index contributed by atoms with van der Waals surface area (Å²) in [6.45, 7) is 7.52. The molecule has 0 aliphatic carbocycles. The highest BCUT2D eigenvalue weighted by atomic mass is 16.3. The Hall–Kier alpha value is -1.41. The average molecular weight is 246 g/mol. The molecule has 0 saturated carbocycles. The van der Waals surface area contributed by atoms with Gasteiger partial charge < -0.3 is 5.11 Å². The summed E-state index contributed by atoms with van der Waals surface area (Å²) in [6, 6.07) is 9.16. The Morgan fingerprint density at radius 2 is 1.89 bits per heavy atom. The summed E-state index contributed by atoms with van der Waals surface area (Å²) in [7, 11) is 0. The molecule has 0 spiro atoms.